The maximum Gasteiger partial charge on any atom is 0.312 e. The third-order valence-corrected chi connectivity index (χ3v) is 8.26. The van der Waals surface area contributed by atoms with Gasteiger partial charge in [0.05, 0.1) is 18.1 Å². The number of nitrogens with zero attached hydrogens (tertiary/aromatic N) is 2. The van der Waals surface area contributed by atoms with Crippen molar-refractivity contribution in [2.24, 2.45) is 11.8 Å². The number of rotatable bonds is 12. The van der Waals surface area contributed by atoms with E-state index in [0.717, 1.165) is 0 Å². The fourth-order valence-electron chi connectivity index (χ4n) is 6.39. The molecule has 200 valence electrons. The molecule has 3 heterocycles. The Balaban J connectivity index is 1.77. The monoisotopic (exact) mass is 530 g/mol. The van der Waals surface area contributed by atoms with Crippen molar-refractivity contribution in [2.75, 3.05) is 31.2 Å². The van der Waals surface area contributed by atoms with Gasteiger partial charge in [0, 0.05) is 30.4 Å². The van der Waals surface area contributed by atoms with Crippen LogP contribution in [0.25, 0.3) is 0 Å². The number of hydrogen-bond acceptors (Lipinski definition) is 6. The van der Waals surface area contributed by atoms with Gasteiger partial charge >= 0.3 is 5.97 Å². The number of amides is 2. The first-order valence-electron chi connectivity index (χ1n) is 12.9. The number of esters is 1. The first kappa shape index (κ1) is 27.4. The number of carbonyl (C=O) groups is 3. The number of halogens is 1. The lowest BCUT2D eigenvalue weighted by atomic mass is 9.65. The highest BCUT2D eigenvalue weighted by molar-refractivity contribution is 6.30. The second-order valence-electron chi connectivity index (χ2n) is 9.90. The Morgan fingerprint density at radius 3 is 2.62 bits per heavy atom. The first-order valence-corrected chi connectivity index (χ1v) is 13.2. The van der Waals surface area contributed by atoms with Gasteiger partial charge in [0.25, 0.3) is 5.91 Å². The van der Waals surface area contributed by atoms with Crippen molar-refractivity contribution >= 4 is 35.1 Å². The highest BCUT2D eigenvalue weighted by Crippen LogP contribution is 2.64. The van der Waals surface area contributed by atoms with Gasteiger partial charge in [0.1, 0.15) is 17.6 Å². The Labute approximate surface area is 222 Å². The molecule has 1 spiro atoms. The van der Waals surface area contributed by atoms with Gasteiger partial charge in [-0.15, -0.1) is 13.2 Å². The highest BCUT2D eigenvalue weighted by atomic mass is 35.5. The molecule has 0 radical (unpaired) electrons. The molecule has 0 aromatic heterocycles. The number of aliphatic hydroxyl groups excluding tert-OH is 1. The van der Waals surface area contributed by atoms with Crippen molar-refractivity contribution in [3.63, 3.8) is 0 Å². The van der Waals surface area contributed by atoms with Crippen LogP contribution >= 0.6 is 11.6 Å². The molecule has 5 atom stereocenters. The van der Waals surface area contributed by atoms with Crippen LogP contribution in [0.1, 0.15) is 39.0 Å². The van der Waals surface area contributed by atoms with Crippen molar-refractivity contribution in [2.45, 2.75) is 56.3 Å². The van der Waals surface area contributed by atoms with E-state index in [0.29, 0.717) is 42.8 Å². The first-order chi connectivity index (χ1) is 17.8. The van der Waals surface area contributed by atoms with Crippen LogP contribution < -0.4 is 4.90 Å². The van der Waals surface area contributed by atoms with Gasteiger partial charge < -0.3 is 24.4 Å². The molecular weight excluding hydrogens is 496 g/mol. The smallest absolute Gasteiger partial charge is 0.312 e. The van der Waals surface area contributed by atoms with E-state index in [1.54, 1.807) is 41.3 Å². The molecule has 9 heteroatoms. The lowest BCUT2D eigenvalue weighted by Crippen LogP contribution is -2.56. The minimum absolute atomic E-state index is 0.136. The summed E-state index contributed by atoms with van der Waals surface area (Å²) in [5, 5.41) is 10.1. The molecule has 3 saturated heterocycles. The van der Waals surface area contributed by atoms with E-state index in [4.69, 9.17) is 21.1 Å². The van der Waals surface area contributed by atoms with E-state index in [1.165, 1.54) is 4.90 Å². The van der Waals surface area contributed by atoms with Gasteiger partial charge in [0.2, 0.25) is 5.91 Å². The lowest BCUT2D eigenvalue weighted by Gasteiger charge is -2.36. The summed E-state index contributed by atoms with van der Waals surface area (Å²) in [6.07, 6.45) is 5.63. The predicted molar refractivity (Wildman–Crippen MR) is 140 cm³/mol. The number of anilines is 1. The van der Waals surface area contributed by atoms with Gasteiger partial charge in [0.15, 0.2) is 0 Å². The van der Waals surface area contributed by atoms with Gasteiger partial charge in [-0.05, 0) is 56.4 Å². The maximum absolute atomic E-state index is 14.3. The highest BCUT2D eigenvalue weighted by Gasteiger charge is 2.79. The van der Waals surface area contributed by atoms with Gasteiger partial charge in [-0.2, -0.15) is 0 Å². The van der Waals surface area contributed by atoms with E-state index in [2.05, 4.69) is 13.2 Å². The summed E-state index contributed by atoms with van der Waals surface area (Å²) < 4.78 is 12.3. The van der Waals surface area contributed by atoms with Crippen molar-refractivity contribution in [1.82, 2.24) is 4.90 Å². The Morgan fingerprint density at radius 1 is 1.27 bits per heavy atom. The average molecular weight is 531 g/mol. The van der Waals surface area contributed by atoms with Crippen LogP contribution in [0.2, 0.25) is 5.02 Å². The van der Waals surface area contributed by atoms with Crippen LogP contribution in [-0.4, -0.2) is 71.3 Å². The Kier molecular flexibility index (Phi) is 8.11. The molecule has 8 nitrogen and oxygen atoms in total. The maximum atomic E-state index is 14.3. The van der Waals surface area contributed by atoms with Crippen LogP contribution in [-0.2, 0) is 23.9 Å². The van der Waals surface area contributed by atoms with E-state index in [1.807, 2.05) is 6.92 Å². The van der Waals surface area contributed by atoms with Gasteiger partial charge in [-0.3, -0.25) is 14.4 Å². The van der Waals surface area contributed by atoms with Crippen LogP contribution in [0.4, 0.5) is 5.69 Å². The molecule has 1 aromatic rings. The summed E-state index contributed by atoms with van der Waals surface area (Å²) in [6.45, 7) is 9.84. The summed E-state index contributed by atoms with van der Waals surface area (Å²) in [6, 6.07) is 5.93. The average Bonchev–Trinajstić information content (AvgIpc) is 3.50. The molecule has 0 aliphatic carbocycles. The second kappa shape index (κ2) is 11.0. The molecule has 37 heavy (non-hydrogen) atoms. The fraction of sp³-hybridized carbons (Fsp3) is 0.536. The second-order valence-corrected chi connectivity index (χ2v) is 10.3. The Hall–Kier alpha value is -2.68. The largest absolute Gasteiger partial charge is 0.465 e. The standard InChI is InChI=1S/C28H35ClN2O6/c1-4-7-18-36-26(35)22-21-24(33)31(16-8-17-32)23(28(21)14-13-27(22,6-3)37-28)25(34)30(15-5-2)20-11-9-19(29)10-12-20/h4-5,9-12,21-23,32H,1-2,6-8,13-18H2,3H3/t21-,22-,23?,27+,28?/m0/s1. The zero-order chi connectivity index (χ0) is 26.8. The number of ether oxygens (including phenoxy) is 2. The quantitative estimate of drug-likeness (QED) is 0.252. The van der Waals surface area contributed by atoms with Crippen LogP contribution in [0, 0.1) is 11.8 Å². The van der Waals surface area contributed by atoms with E-state index >= 15 is 0 Å². The van der Waals surface area contributed by atoms with Crippen molar-refractivity contribution in [1.29, 1.82) is 0 Å². The molecule has 1 aromatic carbocycles. The summed E-state index contributed by atoms with van der Waals surface area (Å²) in [5.74, 6) is -2.73. The molecule has 0 saturated carbocycles. The van der Waals surface area contributed by atoms with E-state index < -0.39 is 35.0 Å². The SMILES string of the molecule is C=CCCOC(=O)[C@@H]1[C@H]2C(=O)N(CCCO)C(C(=O)N(CC=C)c3ccc(Cl)cc3)C23CC[C@@]1(CC)O3. The Bertz CT molecular complexity index is 1060. The predicted octanol–water partition coefficient (Wildman–Crippen LogP) is 3.52. The molecule has 3 fully saturated rings. The van der Waals surface area contributed by atoms with Gasteiger partial charge in [-0.1, -0.05) is 30.7 Å². The van der Waals surface area contributed by atoms with Crippen LogP contribution in [0.3, 0.4) is 0 Å². The fourth-order valence-corrected chi connectivity index (χ4v) is 6.52. The molecule has 3 aliphatic heterocycles. The normalized spacial score (nSPS) is 29.8. The van der Waals surface area contributed by atoms with Crippen molar-refractivity contribution in [3.8, 4) is 0 Å². The number of carbonyl (C=O) groups excluding carboxylic acids is 3. The zero-order valence-corrected chi connectivity index (χ0v) is 22.0. The number of fused-ring (bicyclic) bond motifs is 1. The van der Waals surface area contributed by atoms with Crippen LogP contribution in [0.15, 0.2) is 49.6 Å². The summed E-state index contributed by atoms with van der Waals surface area (Å²) >= 11 is 6.08. The third kappa shape index (κ3) is 4.49. The van der Waals surface area contributed by atoms with Crippen LogP contribution in [0.5, 0.6) is 0 Å². The molecule has 2 bridgehead atoms. The third-order valence-electron chi connectivity index (χ3n) is 8.01. The molecule has 3 aliphatic rings. The van der Waals surface area contributed by atoms with Crippen molar-refractivity contribution in [3.05, 3.63) is 54.6 Å². The number of aliphatic hydroxyl groups is 1. The summed E-state index contributed by atoms with van der Waals surface area (Å²) in [7, 11) is 0. The number of likely N-dealkylation sites (tertiary alicyclic amines) is 1. The molecular formula is C28H35ClN2O6. The lowest BCUT2D eigenvalue weighted by molar-refractivity contribution is -0.160. The minimum Gasteiger partial charge on any atom is -0.465 e. The minimum atomic E-state index is -1.16. The number of hydrogen-bond donors (Lipinski definition) is 1. The zero-order valence-electron chi connectivity index (χ0n) is 21.2. The summed E-state index contributed by atoms with van der Waals surface area (Å²) in [4.78, 5) is 44.8. The Morgan fingerprint density at radius 2 is 2.00 bits per heavy atom. The molecule has 2 unspecified atom stereocenters. The summed E-state index contributed by atoms with van der Waals surface area (Å²) in [5.41, 5.74) is -1.41. The molecule has 4 rings (SSSR count). The van der Waals surface area contributed by atoms with E-state index in [-0.39, 0.29) is 38.1 Å². The topological polar surface area (TPSA) is 96.4 Å². The molecule has 2 amide bonds. The molecule has 1 N–H and O–H groups in total. The van der Waals surface area contributed by atoms with Gasteiger partial charge in [-0.25, -0.2) is 0 Å². The number of benzene rings is 1. The van der Waals surface area contributed by atoms with Crippen molar-refractivity contribution < 1.29 is 29.0 Å². The van der Waals surface area contributed by atoms with E-state index in [9.17, 15) is 19.5 Å².